The number of thiazole rings is 1. The van der Waals surface area contributed by atoms with Gasteiger partial charge in [0.2, 0.25) is 17.7 Å². The van der Waals surface area contributed by atoms with Crippen LogP contribution in [0.1, 0.15) is 16.4 Å². The van der Waals surface area contributed by atoms with Gasteiger partial charge >= 0.3 is 4.87 Å². The molecular formula is C34H27N3O6S2. The van der Waals surface area contributed by atoms with Gasteiger partial charge in [-0.15, -0.1) is 0 Å². The lowest BCUT2D eigenvalue weighted by Gasteiger charge is -2.31. The maximum absolute atomic E-state index is 14.2. The van der Waals surface area contributed by atoms with Crippen LogP contribution in [-0.2, 0) is 20.9 Å². The molecule has 5 aromatic rings. The number of thioether (sulfide) groups is 1. The van der Waals surface area contributed by atoms with E-state index in [0.717, 1.165) is 22.1 Å². The fourth-order valence-corrected chi connectivity index (χ4v) is 8.93. The van der Waals surface area contributed by atoms with Crippen LogP contribution in [0.25, 0.3) is 10.8 Å². The number of amides is 3. The van der Waals surface area contributed by atoms with Gasteiger partial charge in [-0.05, 0) is 41.8 Å². The number of carbonyl (C=O) groups is 3. The van der Waals surface area contributed by atoms with E-state index in [-0.39, 0.29) is 29.1 Å². The Balaban J connectivity index is 1.29. The zero-order valence-corrected chi connectivity index (χ0v) is 25.9. The molecule has 226 valence electrons. The molecule has 1 N–H and O–H groups in total. The molecule has 1 aromatic heterocycles. The highest BCUT2D eigenvalue weighted by atomic mass is 32.2. The molecule has 11 heteroatoms. The molecule has 3 unspecified atom stereocenters. The van der Waals surface area contributed by atoms with E-state index in [4.69, 9.17) is 9.47 Å². The van der Waals surface area contributed by atoms with E-state index in [0.29, 0.717) is 38.3 Å². The summed E-state index contributed by atoms with van der Waals surface area (Å²) in [6.45, 7) is -0.249. The first-order valence-electron chi connectivity index (χ1n) is 14.2. The van der Waals surface area contributed by atoms with E-state index in [1.807, 2.05) is 60.7 Å². The van der Waals surface area contributed by atoms with Crippen LogP contribution in [0.3, 0.4) is 0 Å². The van der Waals surface area contributed by atoms with Crippen molar-refractivity contribution < 1.29 is 23.9 Å². The predicted octanol–water partition coefficient (Wildman–Crippen LogP) is 5.51. The van der Waals surface area contributed by atoms with Gasteiger partial charge in [-0.3, -0.25) is 23.7 Å². The number of aromatic nitrogens is 1. The molecule has 7 rings (SSSR count). The first kappa shape index (κ1) is 28.9. The van der Waals surface area contributed by atoms with E-state index >= 15 is 0 Å². The van der Waals surface area contributed by atoms with Crippen molar-refractivity contribution in [2.75, 3.05) is 24.4 Å². The van der Waals surface area contributed by atoms with Gasteiger partial charge in [-0.2, -0.15) is 0 Å². The van der Waals surface area contributed by atoms with Crippen LogP contribution in [0.2, 0.25) is 0 Å². The third kappa shape index (κ3) is 4.88. The lowest BCUT2D eigenvalue weighted by atomic mass is 9.82. The van der Waals surface area contributed by atoms with Crippen LogP contribution in [0.5, 0.6) is 11.5 Å². The summed E-state index contributed by atoms with van der Waals surface area (Å²) in [6.07, 6.45) is 0. The Kier molecular flexibility index (Phi) is 7.42. The highest BCUT2D eigenvalue weighted by Crippen LogP contribution is 2.55. The molecule has 45 heavy (non-hydrogen) atoms. The zero-order valence-electron chi connectivity index (χ0n) is 24.3. The average molecular weight is 638 g/mol. The smallest absolute Gasteiger partial charge is 0.308 e. The molecule has 3 heterocycles. The molecule has 0 saturated carbocycles. The van der Waals surface area contributed by atoms with Crippen molar-refractivity contribution in [3.63, 3.8) is 0 Å². The summed E-state index contributed by atoms with van der Waals surface area (Å²) in [4.78, 5) is 56.6. The minimum atomic E-state index is -0.816. The predicted molar refractivity (Wildman–Crippen MR) is 175 cm³/mol. The first-order chi connectivity index (χ1) is 21.9. The molecule has 2 aliphatic rings. The van der Waals surface area contributed by atoms with Gasteiger partial charge in [0.05, 0.1) is 30.9 Å². The number of methoxy groups -OCH3 is 2. The molecule has 3 atom stereocenters. The molecule has 1 fully saturated rings. The number of rotatable bonds is 7. The summed E-state index contributed by atoms with van der Waals surface area (Å²) >= 11 is 2.17. The van der Waals surface area contributed by atoms with Crippen LogP contribution in [-0.4, -0.2) is 41.8 Å². The summed E-state index contributed by atoms with van der Waals surface area (Å²) in [5.74, 6) is -1.39. The largest absolute Gasteiger partial charge is 0.497 e. The summed E-state index contributed by atoms with van der Waals surface area (Å²) in [6, 6.07) is 27.4. The van der Waals surface area contributed by atoms with Gasteiger partial charge < -0.3 is 14.8 Å². The van der Waals surface area contributed by atoms with Gasteiger partial charge in [-0.1, -0.05) is 77.7 Å². The van der Waals surface area contributed by atoms with E-state index < -0.39 is 17.1 Å². The number of imide groups is 1. The molecule has 9 nitrogen and oxygen atoms in total. The molecule has 0 radical (unpaired) electrons. The van der Waals surface area contributed by atoms with E-state index in [2.05, 4.69) is 5.32 Å². The Hall–Kier alpha value is -4.87. The van der Waals surface area contributed by atoms with Crippen LogP contribution in [0, 0.1) is 5.92 Å². The third-order valence-electron chi connectivity index (χ3n) is 8.22. The van der Waals surface area contributed by atoms with Crippen molar-refractivity contribution >= 4 is 63.0 Å². The molecule has 0 aliphatic carbocycles. The van der Waals surface area contributed by atoms with Gasteiger partial charge in [-0.25, -0.2) is 4.90 Å². The molecule has 0 spiro atoms. The monoisotopic (exact) mass is 637 g/mol. The van der Waals surface area contributed by atoms with E-state index in [9.17, 15) is 19.2 Å². The topological polar surface area (TPSA) is 107 Å². The first-order valence-corrected chi connectivity index (χ1v) is 15.9. The number of ether oxygens (including phenoxy) is 2. The molecule has 2 aliphatic heterocycles. The minimum absolute atomic E-state index is 0.249. The Labute approximate surface area is 266 Å². The third-order valence-corrected chi connectivity index (χ3v) is 10.8. The number of nitrogens with one attached hydrogen (secondary N) is 1. The summed E-state index contributed by atoms with van der Waals surface area (Å²) in [5.41, 5.74) is 1.78. The second-order valence-electron chi connectivity index (χ2n) is 10.7. The van der Waals surface area contributed by atoms with Crippen molar-refractivity contribution in [1.82, 2.24) is 4.57 Å². The van der Waals surface area contributed by atoms with Crippen molar-refractivity contribution in [1.29, 1.82) is 0 Å². The highest BCUT2D eigenvalue weighted by Gasteiger charge is 2.57. The number of anilines is 2. The number of benzene rings is 4. The van der Waals surface area contributed by atoms with Gasteiger partial charge in [0.25, 0.3) is 0 Å². The lowest BCUT2D eigenvalue weighted by Crippen LogP contribution is -2.33. The van der Waals surface area contributed by atoms with Crippen LogP contribution in [0.4, 0.5) is 11.4 Å². The molecule has 4 aromatic carbocycles. The summed E-state index contributed by atoms with van der Waals surface area (Å²) < 4.78 is 12.4. The number of hydrogen-bond donors (Lipinski definition) is 1. The normalized spacial score (nSPS) is 18.9. The van der Waals surface area contributed by atoms with Crippen LogP contribution >= 0.6 is 23.1 Å². The van der Waals surface area contributed by atoms with Crippen molar-refractivity contribution in [3.05, 3.63) is 111 Å². The fraction of sp³-hybridized carbons (Fsp3) is 0.176. The van der Waals surface area contributed by atoms with Crippen LogP contribution < -0.4 is 24.6 Å². The minimum Gasteiger partial charge on any atom is -0.497 e. The quantitative estimate of drug-likeness (QED) is 0.235. The lowest BCUT2D eigenvalue weighted by molar-refractivity contribution is -0.122. The molecule has 0 bridgehead atoms. The number of fused-ring (bicyclic) bond motifs is 3. The van der Waals surface area contributed by atoms with Gasteiger partial charge in [0.1, 0.15) is 23.3 Å². The second kappa shape index (κ2) is 11.6. The summed E-state index contributed by atoms with van der Waals surface area (Å²) in [7, 11) is 3.09. The second-order valence-corrected chi connectivity index (χ2v) is 12.8. The summed E-state index contributed by atoms with van der Waals surface area (Å²) in [5, 5.41) is 4.51. The number of para-hydroxylation sites is 1. The molecule has 1 saturated heterocycles. The SMILES string of the molecule is COc1ccc(N2C(=O)C3Sc4c(sc(=O)n4CC(=O)Nc4cccc5ccccc45)C(c4ccccc4OC)C3C2=O)cc1. The molecular weight excluding hydrogens is 611 g/mol. The maximum atomic E-state index is 14.2. The van der Waals surface area contributed by atoms with E-state index in [1.165, 1.54) is 21.2 Å². The van der Waals surface area contributed by atoms with Crippen molar-refractivity contribution in [2.24, 2.45) is 5.92 Å². The van der Waals surface area contributed by atoms with Crippen LogP contribution in [0.15, 0.2) is 101 Å². The Morgan fingerprint density at radius 2 is 1.58 bits per heavy atom. The average Bonchev–Trinajstić information content (AvgIpc) is 3.51. The zero-order chi connectivity index (χ0) is 31.2. The van der Waals surface area contributed by atoms with E-state index in [1.54, 1.807) is 44.6 Å². The Morgan fingerprint density at radius 3 is 2.36 bits per heavy atom. The number of nitrogens with zero attached hydrogens (tertiary/aromatic N) is 2. The Morgan fingerprint density at radius 1 is 0.844 bits per heavy atom. The maximum Gasteiger partial charge on any atom is 0.308 e. The van der Waals surface area contributed by atoms with Gasteiger partial charge in [0.15, 0.2) is 0 Å². The Bertz CT molecular complexity index is 2030. The number of hydrogen-bond acceptors (Lipinski definition) is 8. The fourth-order valence-electron chi connectivity index (χ4n) is 6.17. The van der Waals surface area contributed by atoms with Crippen molar-refractivity contribution in [2.45, 2.75) is 22.7 Å². The standard InChI is InChI=1S/C34H27N3O6S2/c1-42-21-16-14-20(15-17-21)37-31(39)28-27(23-11-5-6-13-25(23)43-2)30-33(44-29(28)32(37)40)36(34(41)45-30)18-26(38)35-24-12-7-9-19-8-3-4-10-22(19)24/h3-17,27-29H,18H2,1-2H3,(H,35,38). The highest BCUT2D eigenvalue weighted by molar-refractivity contribution is 8.00. The van der Waals surface area contributed by atoms with Gasteiger partial charge in [0, 0.05) is 27.4 Å². The molecule has 3 amide bonds. The number of carbonyl (C=O) groups excluding carboxylic acids is 3. The van der Waals surface area contributed by atoms with Crippen molar-refractivity contribution in [3.8, 4) is 11.5 Å².